The van der Waals surface area contributed by atoms with Crippen molar-refractivity contribution in [2.24, 2.45) is 5.92 Å². The van der Waals surface area contributed by atoms with Crippen molar-refractivity contribution in [1.82, 2.24) is 9.78 Å². The summed E-state index contributed by atoms with van der Waals surface area (Å²) in [7, 11) is 1.70. The van der Waals surface area contributed by atoms with Gasteiger partial charge in [-0.1, -0.05) is 51.1 Å². The normalized spacial score (nSPS) is 12.4. The molecule has 1 atom stereocenters. The van der Waals surface area contributed by atoms with Crippen molar-refractivity contribution in [2.75, 3.05) is 7.11 Å². The largest absolute Gasteiger partial charge is 0.479 e. The van der Waals surface area contributed by atoms with Crippen molar-refractivity contribution >= 4 is 0 Å². The molecule has 0 spiro atoms. The summed E-state index contributed by atoms with van der Waals surface area (Å²) in [5, 5.41) is 4.70. The van der Waals surface area contributed by atoms with Gasteiger partial charge in [0.25, 0.3) is 0 Å². The van der Waals surface area contributed by atoms with E-state index >= 15 is 0 Å². The fourth-order valence-electron chi connectivity index (χ4n) is 2.59. The third-order valence-corrected chi connectivity index (χ3v) is 4.09. The first-order valence-electron chi connectivity index (χ1n) is 7.69. The van der Waals surface area contributed by atoms with Gasteiger partial charge in [-0.25, -0.2) is 0 Å². The summed E-state index contributed by atoms with van der Waals surface area (Å²) in [6.07, 6.45) is 0. The number of hydrogen-bond donors (Lipinski definition) is 0. The van der Waals surface area contributed by atoms with Crippen molar-refractivity contribution in [1.29, 1.82) is 0 Å². The molecule has 0 aliphatic heterocycles. The van der Waals surface area contributed by atoms with Gasteiger partial charge in [0.2, 0.25) is 5.88 Å². The predicted octanol–water partition coefficient (Wildman–Crippen LogP) is 4.90. The molecule has 0 aliphatic rings. The van der Waals surface area contributed by atoms with Crippen molar-refractivity contribution < 1.29 is 25.8 Å². The molecule has 0 amide bonds. The summed E-state index contributed by atoms with van der Waals surface area (Å²) in [5.41, 5.74) is 3.57. The molecular weight excluding hydrogens is 455 g/mol. The number of methoxy groups -OCH3 is 1. The second-order valence-corrected chi connectivity index (χ2v) is 6.21. The first-order chi connectivity index (χ1) is 9.97. The Bertz CT molecular complexity index is 591. The summed E-state index contributed by atoms with van der Waals surface area (Å²) in [6, 6.07) is 10.7. The van der Waals surface area contributed by atoms with Crippen LogP contribution >= 0.6 is 0 Å². The molecule has 1 aromatic carbocycles. The predicted molar refractivity (Wildman–Crippen MR) is 87.9 cm³/mol. The maximum atomic E-state index is 5.57. The summed E-state index contributed by atoms with van der Waals surface area (Å²) < 4.78 is 7.69. The minimum absolute atomic E-state index is 0. The molecule has 3 nitrogen and oxygen atoms in total. The van der Waals surface area contributed by atoms with Gasteiger partial charge in [-0.3, -0.25) is 4.68 Å². The van der Waals surface area contributed by atoms with Gasteiger partial charge >= 0.3 is 0 Å². The summed E-state index contributed by atoms with van der Waals surface area (Å²) in [5.74, 6) is 1.68. The van der Waals surface area contributed by atoms with Gasteiger partial charge in [-0.05, 0) is 25.3 Å². The monoisotopic (exact) mass is 481 g/mol. The minimum Gasteiger partial charge on any atom is -0.479 e. The average Bonchev–Trinajstić information content (AvgIpc) is 2.86. The van der Waals surface area contributed by atoms with Crippen LogP contribution in [0.1, 0.15) is 52.3 Å². The van der Waals surface area contributed by atoms with Gasteiger partial charge in [-0.15, -0.1) is 5.10 Å². The van der Waals surface area contributed by atoms with Crippen LogP contribution in [0.15, 0.2) is 30.3 Å². The van der Waals surface area contributed by atoms with E-state index in [9.17, 15) is 0 Å². The SMILES string of the molecule is COc1nn(C(C)C)c(C(C)C(C)C)c1-c1ccccc1.[Pt]. The average molecular weight is 481 g/mol. The molecule has 1 unspecified atom stereocenters. The van der Waals surface area contributed by atoms with E-state index in [0.29, 0.717) is 17.9 Å². The fourth-order valence-corrected chi connectivity index (χ4v) is 2.59. The summed E-state index contributed by atoms with van der Waals surface area (Å²) in [6.45, 7) is 11.1. The zero-order valence-electron chi connectivity index (χ0n) is 14.2. The van der Waals surface area contributed by atoms with E-state index in [0.717, 1.165) is 11.4 Å². The first kappa shape index (κ1) is 19.0. The molecule has 0 saturated heterocycles. The Balaban J connectivity index is 0.00000242. The van der Waals surface area contributed by atoms with E-state index in [4.69, 9.17) is 9.84 Å². The first-order valence-corrected chi connectivity index (χ1v) is 7.69. The van der Waals surface area contributed by atoms with Crippen LogP contribution in [0.5, 0.6) is 5.88 Å². The minimum atomic E-state index is 0. The number of rotatable bonds is 5. The number of hydrogen-bond acceptors (Lipinski definition) is 2. The maximum Gasteiger partial charge on any atom is 0.240 e. The molecule has 1 heterocycles. The molecule has 0 radical (unpaired) electrons. The summed E-state index contributed by atoms with van der Waals surface area (Å²) >= 11 is 0. The van der Waals surface area contributed by atoms with Gasteiger partial charge in [-0.2, -0.15) is 0 Å². The Morgan fingerprint density at radius 3 is 2.05 bits per heavy atom. The van der Waals surface area contributed by atoms with Gasteiger partial charge in [0, 0.05) is 33.0 Å². The number of aromatic nitrogens is 2. The molecule has 22 heavy (non-hydrogen) atoms. The van der Waals surface area contributed by atoms with Crippen LogP contribution in [0.3, 0.4) is 0 Å². The molecule has 4 heteroatoms. The van der Waals surface area contributed by atoms with E-state index < -0.39 is 0 Å². The quantitative estimate of drug-likeness (QED) is 0.608. The van der Waals surface area contributed by atoms with E-state index in [2.05, 4.69) is 63.6 Å². The Hall–Kier alpha value is -1.08. The van der Waals surface area contributed by atoms with Gasteiger partial charge in [0.05, 0.1) is 18.4 Å². The molecule has 2 aromatic rings. The Morgan fingerprint density at radius 1 is 1.00 bits per heavy atom. The van der Waals surface area contributed by atoms with Crippen molar-refractivity contribution in [3.05, 3.63) is 36.0 Å². The molecule has 1 aromatic heterocycles. The van der Waals surface area contributed by atoms with Crippen LogP contribution in [0.25, 0.3) is 11.1 Å². The third-order valence-electron chi connectivity index (χ3n) is 4.09. The van der Waals surface area contributed by atoms with Crippen LogP contribution in [0, 0.1) is 5.92 Å². The second kappa shape index (κ2) is 7.96. The Morgan fingerprint density at radius 2 is 1.59 bits per heavy atom. The van der Waals surface area contributed by atoms with Crippen LogP contribution in [-0.2, 0) is 21.1 Å². The maximum absolute atomic E-state index is 5.57. The molecule has 2 rings (SSSR count). The van der Waals surface area contributed by atoms with Crippen LogP contribution in [0.4, 0.5) is 0 Å². The topological polar surface area (TPSA) is 27.1 Å². The van der Waals surface area contributed by atoms with Crippen LogP contribution in [-0.4, -0.2) is 16.9 Å². The van der Waals surface area contributed by atoms with E-state index in [1.165, 1.54) is 11.3 Å². The number of nitrogens with zero attached hydrogens (tertiary/aromatic N) is 2. The van der Waals surface area contributed by atoms with Gasteiger partial charge < -0.3 is 4.74 Å². The summed E-state index contributed by atoms with van der Waals surface area (Å²) in [4.78, 5) is 0. The molecule has 0 fully saturated rings. The Kier molecular flexibility index (Phi) is 6.87. The number of ether oxygens (including phenoxy) is 1. The van der Waals surface area contributed by atoms with Crippen molar-refractivity contribution in [3.8, 4) is 17.0 Å². The molecular formula is C18H26N2OPt. The molecule has 0 aliphatic carbocycles. The van der Waals surface area contributed by atoms with Gasteiger partial charge in [0.15, 0.2) is 0 Å². The zero-order valence-corrected chi connectivity index (χ0v) is 16.5. The van der Waals surface area contributed by atoms with Gasteiger partial charge in [0.1, 0.15) is 0 Å². The second-order valence-electron chi connectivity index (χ2n) is 6.21. The van der Waals surface area contributed by atoms with E-state index in [1.807, 2.05) is 6.07 Å². The van der Waals surface area contributed by atoms with Crippen molar-refractivity contribution in [2.45, 2.75) is 46.6 Å². The Labute approximate surface area is 148 Å². The number of benzene rings is 1. The molecule has 0 bridgehead atoms. The zero-order chi connectivity index (χ0) is 15.6. The molecule has 0 saturated carbocycles. The smallest absolute Gasteiger partial charge is 0.240 e. The van der Waals surface area contributed by atoms with E-state index in [-0.39, 0.29) is 21.1 Å². The molecule has 0 N–H and O–H groups in total. The van der Waals surface area contributed by atoms with Crippen LogP contribution in [0.2, 0.25) is 0 Å². The molecule has 124 valence electrons. The van der Waals surface area contributed by atoms with Crippen molar-refractivity contribution in [3.63, 3.8) is 0 Å². The fraction of sp³-hybridized carbons (Fsp3) is 0.500. The van der Waals surface area contributed by atoms with Crippen LogP contribution < -0.4 is 4.74 Å². The van der Waals surface area contributed by atoms with E-state index in [1.54, 1.807) is 7.11 Å². The third kappa shape index (κ3) is 3.63. The standard InChI is InChI=1S/C18H26N2O.Pt/c1-12(2)14(5)17-16(15-10-8-7-9-11-15)18(21-6)19-20(17)13(3)4;/h7-14H,1-6H3;.